The molecule has 1 unspecified atom stereocenters. The summed E-state index contributed by atoms with van der Waals surface area (Å²) in [6.45, 7) is 4.24. The van der Waals surface area contributed by atoms with Gasteiger partial charge in [0.25, 0.3) is 5.25 Å². The van der Waals surface area contributed by atoms with Gasteiger partial charge in [-0.2, -0.15) is 8.78 Å². The number of allylic oxidation sites excluding steroid dienone is 2. The molecule has 0 saturated heterocycles. The molecule has 0 aromatic rings. The van der Waals surface area contributed by atoms with Crippen molar-refractivity contribution in [3.05, 3.63) is 35.8 Å². The fourth-order valence-electron chi connectivity index (χ4n) is 0.770. The fraction of sp³-hybridized carbons (Fsp3) is 0.300. The Labute approximate surface area is 96.6 Å². The van der Waals surface area contributed by atoms with Crippen LogP contribution in [0.4, 0.5) is 8.78 Å². The Balaban J connectivity index is 4.73. The Morgan fingerprint density at radius 2 is 1.81 bits per heavy atom. The van der Waals surface area contributed by atoms with Crippen molar-refractivity contribution in [3.8, 4) is 0 Å². The Morgan fingerprint density at radius 1 is 1.31 bits per heavy atom. The summed E-state index contributed by atoms with van der Waals surface area (Å²) in [4.78, 5) is 0. The van der Waals surface area contributed by atoms with Gasteiger partial charge in [-0.1, -0.05) is 12.4 Å². The van der Waals surface area contributed by atoms with Crippen LogP contribution in [-0.4, -0.2) is 16.9 Å². The van der Waals surface area contributed by atoms with Crippen molar-refractivity contribution in [2.75, 3.05) is 5.75 Å². The number of nitrogens with two attached hydrogens (primary N) is 3. The van der Waals surface area contributed by atoms with Crippen LogP contribution < -0.4 is 17.2 Å². The third kappa shape index (κ3) is 4.97. The summed E-state index contributed by atoms with van der Waals surface area (Å²) in [5.74, 6) is 3.35. The van der Waals surface area contributed by atoms with Gasteiger partial charge in [-0.15, -0.1) is 10.5 Å². The van der Waals surface area contributed by atoms with Crippen molar-refractivity contribution in [1.29, 1.82) is 0 Å². The van der Waals surface area contributed by atoms with E-state index >= 15 is 0 Å². The lowest BCUT2D eigenvalue weighted by Crippen LogP contribution is -2.14. The molecule has 0 aromatic heterocycles. The van der Waals surface area contributed by atoms with Gasteiger partial charge < -0.3 is 17.2 Å². The molecule has 92 valence electrons. The molecule has 0 heterocycles. The summed E-state index contributed by atoms with van der Waals surface area (Å²) in [6, 6.07) is 0. The molecule has 0 fully saturated rings. The lowest BCUT2D eigenvalue weighted by molar-refractivity contribution is 0.128. The average Bonchev–Trinajstić information content (AvgIpc) is 2.14. The smallest absolute Gasteiger partial charge is 0.286 e. The highest BCUT2D eigenvalue weighted by Gasteiger charge is 2.24. The van der Waals surface area contributed by atoms with Gasteiger partial charge in [0.15, 0.2) is 0 Å². The maximum atomic E-state index is 12.8. The Bertz CT molecular complexity index is 354. The van der Waals surface area contributed by atoms with Crippen LogP contribution in [0.5, 0.6) is 0 Å². The highest BCUT2D eigenvalue weighted by atomic mass is 32.2. The number of alkyl halides is 2. The van der Waals surface area contributed by atoms with Crippen molar-refractivity contribution in [1.82, 2.24) is 0 Å². The zero-order chi connectivity index (χ0) is 12.9. The molecule has 0 aliphatic rings. The number of halogens is 2. The van der Waals surface area contributed by atoms with Gasteiger partial charge in [0.2, 0.25) is 0 Å². The monoisotopic (exact) mass is 249 g/mol. The van der Waals surface area contributed by atoms with E-state index in [9.17, 15) is 8.78 Å². The third-order valence-electron chi connectivity index (χ3n) is 1.74. The minimum atomic E-state index is -2.85. The first-order valence-corrected chi connectivity index (χ1v) is 5.97. The second-order valence-corrected chi connectivity index (χ2v) is 5.27. The normalized spacial score (nSPS) is 16.6. The van der Waals surface area contributed by atoms with Crippen LogP contribution in [0.3, 0.4) is 0 Å². The second-order valence-electron chi connectivity index (χ2n) is 3.28. The molecule has 0 spiro atoms. The van der Waals surface area contributed by atoms with Crippen molar-refractivity contribution in [2.24, 2.45) is 17.2 Å². The quantitative estimate of drug-likeness (QED) is 0.510. The van der Waals surface area contributed by atoms with Gasteiger partial charge >= 0.3 is 0 Å². The van der Waals surface area contributed by atoms with E-state index in [1.54, 1.807) is 0 Å². The molecule has 6 heteroatoms. The Morgan fingerprint density at radius 3 is 2.19 bits per heavy atom. The van der Waals surface area contributed by atoms with Gasteiger partial charge in [0.1, 0.15) is 0 Å². The molecule has 6 N–H and O–H groups in total. The first kappa shape index (κ1) is 14.7. The lowest BCUT2D eigenvalue weighted by atomic mass is 10.3. The molecule has 16 heavy (non-hydrogen) atoms. The predicted molar refractivity (Wildman–Crippen MR) is 68.1 cm³/mol. The topological polar surface area (TPSA) is 78.1 Å². The SMILES string of the molecule is C=C/C(N)=C(N)\C=C(/N)CS(=C)C(C)(F)F. The zero-order valence-corrected chi connectivity index (χ0v) is 9.99. The summed E-state index contributed by atoms with van der Waals surface area (Å²) in [7, 11) is -1.37. The molecule has 3 nitrogen and oxygen atoms in total. The minimum absolute atomic E-state index is 0.0192. The molecule has 0 aliphatic heterocycles. The van der Waals surface area contributed by atoms with Gasteiger partial charge in [-0.05, 0) is 12.2 Å². The summed E-state index contributed by atoms with van der Waals surface area (Å²) in [6.07, 6.45) is 2.71. The van der Waals surface area contributed by atoms with Gasteiger partial charge in [-0.3, -0.25) is 0 Å². The van der Waals surface area contributed by atoms with E-state index in [-0.39, 0.29) is 22.8 Å². The number of hydrogen-bond acceptors (Lipinski definition) is 3. The minimum Gasteiger partial charge on any atom is -0.401 e. The van der Waals surface area contributed by atoms with E-state index in [2.05, 4.69) is 12.4 Å². The predicted octanol–water partition coefficient (Wildman–Crippen LogP) is 1.46. The summed E-state index contributed by atoms with van der Waals surface area (Å²) < 4.78 is 25.6. The highest BCUT2D eigenvalue weighted by Crippen LogP contribution is 2.34. The van der Waals surface area contributed by atoms with Crippen LogP contribution in [-0.2, 0) is 0 Å². The van der Waals surface area contributed by atoms with E-state index in [0.717, 1.165) is 6.92 Å². The molecule has 0 aliphatic carbocycles. The summed E-state index contributed by atoms with van der Waals surface area (Å²) >= 11 is 0. The van der Waals surface area contributed by atoms with E-state index in [1.807, 2.05) is 0 Å². The van der Waals surface area contributed by atoms with Crippen LogP contribution in [0.2, 0.25) is 0 Å². The highest BCUT2D eigenvalue weighted by molar-refractivity contribution is 8.15. The molecular formula is C10H17F2N3S. The number of hydrogen-bond donors (Lipinski definition) is 3. The molecule has 1 atom stereocenters. The molecule has 0 saturated carbocycles. The molecule has 0 amide bonds. The van der Waals surface area contributed by atoms with Crippen molar-refractivity contribution >= 4 is 16.4 Å². The Kier molecular flexibility index (Phi) is 5.23. The second kappa shape index (κ2) is 5.69. The molecule has 0 bridgehead atoms. The fourth-order valence-corrected chi connectivity index (χ4v) is 1.51. The molecule has 0 radical (unpaired) electrons. The largest absolute Gasteiger partial charge is 0.401 e. The van der Waals surface area contributed by atoms with Gasteiger partial charge in [0, 0.05) is 18.4 Å². The summed E-state index contributed by atoms with van der Waals surface area (Å²) in [5, 5.41) is -2.85. The van der Waals surface area contributed by atoms with E-state index in [0.29, 0.717) is 0 Å². The standard InChI is InChI=1S/C10H17F2N3S/c1-4-8(14)9(15)5-7(13)6-16(3)10(2,11)12/h4-5H,1,3,6,13-15H2,2H3/b7-5-,9-8-. The van der Waals surface area contributed by atoms with Gasteiger partial charge in [0.05, 0.1) is 11.4 Å². The van der Waals surface area contributed by atoms with Crippen LogP contribution >= 0.6 is 10.5 Å². The maximum Gasteiger partial charge on any atom is 0.286 e. The number of rotatable bonds is 5. The van der Waals surface area contributed by atoms with Gasteiger partial charge in [-0.25, -0.2) is 0 Å². The first-order valence-electron chi connectivity index (χ1n) is 4.40. The third-order valence-corrected chi connectivity index (χ3v) is 3.44. The maximum absolute atomic E-state index is 12.8. The molecule has 0 rings (SSSR count). The first-order chi connectivity index (χ1) is 7.18. The van der Waals surface area contributed by atoms with Crippen LogP contribution in [0, 0.1) is 0 Å². The molecular weight excluding hydrogens is 232 g/mol. The van der Waals surface area contributed by atoms with E-state index < -0.39 is 15.7 Å². The Hall–Kier alpha value is -1.30. The van der Waals surface area contributed by atoms with E-state index in [4.69, 9.17) is 17.2 Å². The average molecular weight is 249 g/mol. The van der Waals surface area contributed by atoms with Crippen LogP contribution in [0.25, 0.3) is 0 Å². The lowest BCUT2D eigenvalue weighted by Gasteiger charge is -2.15. The van der Waals surface area contributed by atoms with Crippen molar-refractivity contribution in [3.63, 3.8) is 0 Å². The zero-order valence-electron chi connectivity index (χ0n) is 9.17. The van der Waals surface area contributed by atoms with Crippen molar-refractivity contribution in [2.45, 2.75) is 12.2 Å². The van der Waals surface area contributed by atoms with E-state index in [1.165, 1.54) is 12.2 Å². The van der Waals surface area contributed by atoms with Crippen LogP contribution in [0.15, 0.2) is 35.8 Å². The summed E-state index contributed by atoms with van der Waals surface area (Å²) in [5.41, 5.74) is 17.2. The molecule has 0 aromatic carbocycles. The van der Waals surface area contributed by atoms with Crippen molar-refractivity contribution < 1.29 is 8.78 Å². The van der Waals surface area contributed by atoms with Crippen LogP contribution in [0.1, 0.15) is 6.92 Å².